The van der Waals surface area contributed by atoms with Gasteiger partial charge in [0.2, 0.25) is 5.54 Å². The van der Waals surface area contributed by atoms with Crippen molar-refractivity contribution >= 4 is 18.0 Å². The summed E-state index contributed by atoms with van der Waals surface area (Å²) in [6.45, 7) is 2.43. The Kier molecular flexibility index (Phi) is 9.11. The molecule has 0 aromatic heterocycles. The molecule has 1 amide bonds. The van der Waals surface area contributed by atoms with Crippen molar-refractivity contribution < 1.29 is 29.0 Å². The molecule has 21 heavy (non-hydrogen) atoms. The van der Waals surface area contributed by atoms with E-state index in [1.165, 1.54) is 0 Å². The summed E-state index contributed by atoms with van der Waals surface area (Å²) in [6.07, 6.45) is 1.29. The first-order valence-corrected chi connectivity index (χ1v) is 6.91. The highest BCUT2D eigenvalue weighted by molar-refractivity contribution is 6.06. The number of alkyl carbamates (subject to hydrolysis) is 1. The maximum absolute atomic E-state index is 11.8. The van der Waals surface area contributed by atoms with Gasteiger partial charge in [-0.05, 0) is 32.2 Å². The van der Waals surface area contributed by atoms with Crippen LogP contribution >= 0.6 is 0 Å². The van der Waals surface area contributed by atoms with Crippen molar-refractivity contribution in [1.82, 2.24) is 5.32 Å². The quantitative estimate of drug-likeness (QED) is 0.307. The Morgan fingerprint density at radius 3 is 2.38 bits per heavy atom. The van der Waals surface area contributed by atoms with Gasteiger partial charge in [-0.2, -0.15) is 0 Å². The van der Waals surface area contributed by atoms with E-state index in [2.05, 4.69) is 10.1 Å². The number of ether oxygens (including phenoxy) is 2. The van der Waals surface area contributed by atoms with Crippen LogP contribution in [0.5, 0.6) is 0 Å². The molecule has 0 saturated carbocycles. The fourth-order valence-electron chi connectivity index (χ4n) is 1.69. The number of nitrogens with one attached hydrogen (secondary N) is 1. The van der Waals surface area contributed by atoms with Gasteiger partial charge in [0, 0.05) is 0 Å². The van der Waals surface area contributed by atoms with Crippen molar-refractivity contribution in [2.45, 2.75) is 44.6 Å². The molecule has 122 valence electrons. The van der Waals surface area contributed by atoms with Crippen molar-refractivity contribution in [3.05, 3.63) is 0 Å². The second-order valence-corrected chi connectivity index (χ2v) is 4.56. The van der Waals surface area contributed by atoms with Crippen molar-refractivity contribution in [2.75, 3.05) is 20.3 Å². The molecule has 0 fully saturated rings. The standard InChI is InChI=1S/C13H24N2O6/c1-3-4-9-21-12(19)15-13(10(16)17,11(18)20-2)7-5-6-8-14/h3-9,14H2,1-2H3,(H,15,19)(H,16,17)/t13-/m0/s1. The summed E-state index contributed by atoms with van der Waals surface area (Å²) in [6, 6.07) is 0. The molecule has 0 heterocycles. The summed E-state index contributed by atoms with van der Waals surface area (Å²) in [5.74, 6) is -2.53. The summed E-state index contributed by atoms with van der Waals surface area (Å²) in [5, 5.41) is 11.5. The number of unbranched alkanes of at least 4 members (excludes halogenated alkanes) is 2. The van der Waals surface area contributed by atoms with Crippen molar-refractivity contribution in [3.8, 4) is 0 Å². The van der Waals surface area contributed by atoms with Crippen LogP contribution in [0.25, 0.3) is 0 Å². The Hall–Kier alpha value is -1.83. The molecule has 0 rings (SSSR count). The third kappa shape index (κ3) is 5.99. The molecular weight excluding hydrogens is 280 g/mol. The van der Waals surface area contributed by atoms with Crippen molar-refractivity contribution in [1.29, 1.82) is 0 Å². The van der Waals surface area contributed by atoms with E-state index in [1.807, 2.05) is 6.92 Å². The zero-order valence-electron chi connectivity index (χ0n) is 12.5. The van der Waals surface area contributed by atoms with Crippen molar-refractivity contribution in [3.63, 3.8) is 0 Å². The maximum Gasteiger partial charge on any atom is 0.408 e. The summed E-state index contributed by atoms with van der Waals surface area (Å²) >= 11 is 0. The number of carboxylic acids is 1. The number of amides is 1. The maximum atomic E-state index is 11.8. The van der Waals surface area contributed by atoms with Gasteiger partial charge in [-0.15, -0.1) is 0 Å². The Bertz CT molecular complexity index is 361. The van der Waals surface area contributed by atoms with Gasteiger partial charge in [0.15, 0.2) is 0 Å². The molecular formula is C13H24N2O6. The van der Waals surface area contributed by atoms with Gasteiger partial charge >= 0.3 is 18.0 Å². The van der Waals surface area contributed by atoms with Gasteiger partial charge in [0.05, 0.1) is 13.7 Å². The monoisotopic (exact) mass is 304 g/mol. The first-order valence-electron chi connectivity index (χ1n) is 6.91. The van der Waals surface area contributed by atoms with E-state index in [4.69, 9.17) is 10.5 Å². The number of nitrogens with two attached hydrogens (primary N) is 1. The van der Waals surface area contributed by atoms with Crippen LogP contribution in [0.1, 0.15) is 39.0 Å². The molecule has 8 heteroatoms. The van der Waals surface area contributed by atoms with E-state index >= 15 is 0 Å². The van der Waals surface area contributed by atoms with Crippen LogP contribution in [0.15, 0.2) is 0 Å². The van der Waals surface area contributed by atoms with Crippen LogP contribution in [-0.4, -0.2) is 48.9 Å². The zero-order chi connectivity index (χ0) is 16.3. The minimum atomic E-state index is -2.15. The minimum Gasteiger partial charge on any atom is -0.479 e. The Morgan fingerprint density at radius 2 is 1.90 bits per heavy atom. The Morgan fingerprint density at radius 1 is 1.24 bits per heavy atom. The van der Waals surface area contributed by atoms with E-state index in [0.29, 0.717) is 25.8 Å². The fraction of sp³-hybridized carbons (Fsp3) is 0.769. The predicted octanol–water partition coefficient (Wildman–Crippen LogP) is 0.638. The van der Waals surface area contributed by atoms with Crippen LogP contribution in [0, 0.1) is 0 Å². The number of carboxylic acid groups (broad SMARTS) is 1. The van der Waals surface area contributed by atoms with E-state index in [9.17, 15) is 19.5 Å². The zero-order valence-corrected chi connectivity index (χ0v) is 12.5. The number of rotatable bonds is 10. The molecule has 0 unspecified atom stereocenters. The van der Waals surface area contributed by atoms with E-state index in [0.717, 1.165) is 13.5 Å². The van der Waals surface area contributed by atoms with Crippen LogP contribution in [0.4, 0.5) is 4.79 Å². The normalized spacial score (nSPS) is 13.1. The first-order chi connectivity index (χ1) is 9.94. The lowest BCUT2D eigenvalue weighted by Crippen LogP contribution is -2.60. The lowest BCUT2D eigenvalue weighted by molar-refractivity contribution is -0.161. The molecule has 0 radical (unpaired) electrons. The molecule has 0 aliphatic carbocycles. The van der Waals surface area contributed by atoms with Crippen LogP contribution in [0.2, 0.25) is 0 Å². The summed E-state index contributed by atoms with van der Waals surface area (Å²) in [5.41, 5.74) is 3.20. The van der Waals surface area contributed by atoms with E-state index in [1.54, 1.807) is 0 Å². The predicted molar refractivity (Wildman–Crippen MR) is 74.7 cm³/mol. The first kappa shape index (κ1) is 19.2. The lowest BCUT2D eigenvalue weighted by atomic mass is 9.92. The van der Waals surface area contributed by atoms with Gasteiger partial charge in [0.1, 0.15) is 0 Å². The smallest absolute Gasteiger partial charge is 0.408 e. The fourth-order valence-corrected chi connectivity index (χ4v) is 1.69. The number of carbonyl (C=O) groups is 3. The summed E-state index contributed by atoms with van der Waals surface area (Å²) < 4.78 is 9.36. The van der Waals surface area contributed by atoms with E-state index < -0.39 is 23.6 Å². The molecule has 0 aliphatic rings. The van der Waals surface area contributed by atoms with Gasteiger partial charge in [-0.25, -0.2) is 14.4 Å². The molecule has 0 aromatic carbocycles. The van der Waals surface area contributed by atoms with Gasteiger partial charge in [-0.1, -0.05) is 13.3 Å². The van der Waals surface area contributed by atoms with Crippen LogP contribution in [-0.2, 0) is 19.1 Å². The highest BCUT2D eigenvalue weighted by atomic mass is 16.6. The number of hydrogen-bond acceptors (Lipinski definition) is 6. The van der Waals surface area contributed by atoms with Crippen LogP contribution in [0.3, 0.4) is 0 Å². The number of methoxy groups -OCH3 is 1. The third-order valence-electron chi connectivity index (χ3n) is 2.95. The highest BCUT2D eigenvalue weighted by Crippen LogP contribution is 2.17. The minimum absolute atomic E-state index is 0.116. The number of hydrogen-bond donors (Lipinski definition) is 3. The molecule has 8 nitrogen and oxygen atoms in total. The highest BCUT2D eigenvalue weighted by Gasteiger charge is 2.49. The average molecular weight is 304 g/mol. The Labute approximate surface area is 124 Å². The molecule has 4 N–H and O–H groups in total. The number of esters is 1. The van der Waals surface area contributed by atoms with Crippen molar-refractivity contribution in [2.24, 2.45) is 5.73 Å². The molecule has 0 saturated heterocycles. The number of aliphatic carboxylic acids is 1. The molecule has 0 aliphatic heterocycles. The SMILES string of the molecule is CCCCOC(=O)N[C@@](CCCCN)(C(=O)O)C(=O)OC. The molecule has 0 aromatic rings. The van der Waals surface area contributed by atoms with E-state index in [-0.39, 0.29) is 13.0 Å². The second-order valence-electron chi connectivity index (χ2n) is 4.56. The average Bonchev–Trinajstić information content (AvgIpc) is 2.45. The topological polar surface area (TPSA) is 128 Å². The van der Waals surface area contributed by atoms with Gasteiger partial charge < -0.3 is 20.3 Å². The van der Waals surface area contributed by atoms with Gasteiger partial charge in [0.25, 0.3) is 0 Å². The lowest BCUT2D eigenvalue weighted by Gasteiger charge is -2.27. The number of carbonyl (C=O) groups excluding carboxylic acids is 2. The van der Waals surface area contributed by atoms with Gasteiger partial charge in [-0.3, -0.25) is 5.32 Å². The molecule has 0 bridgehead atoms. The largest absolute Gasteiger partial charge is 0.479 e. The second kappa shape index (κ2) is 9.98. The molecule has 1 atom stereocenters. The summed E-state index contributed by atoms with van der Waals surface area (Å²) in [7, 11) is 1.06. The Balaban J connectivity index is 4.95. The van der Waals surface area contributed by atoms with Crippen LogP contribution < -0.4 is 11.1 Å². The third-order valence-corrected chi connectivity index (χ3v) is 2.95. The summed E-state index contributed by atoms with van der Waals surface area (Å²) in [4.78, 5) is 35.0. The molecule has 0 spiro atoms.